The molecule has 2 rings (SSSR count). The van der Waals surface area contributed by atoms with Gasteiger partial charge in [-0.1, -0.05) is 50.5 Å². The van der Waals surface area contributed by atoms with Crippen LogP contribution in [0.1, 0.15) is 52.4 Å². The van der Waals surface area contributed by atoms with Crippen molar-refractivity contribution in [1.82, 2.24) is 14.5 Å². The minimum atomic E-state index is -3.69. The van der Waals surface area contributed by atoms with Crippen LogP contribution in [0.4, 0.5) is 0 Å². The van der Waals surface area contributed by atoms with E-state index in [4.69, 9.17) is 4.42 Å². The molecule has 1 aromatic heterocycles. The van der Waals surface area contributed by atoms with Gasteiger partial charge >= 0.3 is 0 Å². The van der Waals surface area contributed by atoms with Crippen LogP contribution in [0.3, 0.4) is 0 Å². The van der Waals surface area contributed by atoms with Gasteiger partial charge in [-0.15, -0.1) is 10.2 Å². The van der Waals surface area contributed by atoms with Gasteiger partial charge in [-0.3, -0.25) is 0 Å². The van der Waals surface area contributed by atoms with Crippen LogP contribution in [0.25, 0.3) is 0 Å². The molecule has 0 spiro atoms. The second-order valence-electron chi connectivity index (χ2n) is 7.36. The second kappa shape index (κ2) is 7.17. The highest BCUT2D eigenvalue weighted by molar-refractivity contribution is 9.10. The highest BCUT2D eigenvalue weighted by atomic mass is 79.9. The van der Waals surface area contributed by atoms with Gasteiger partial charge in [0.15, 0.2) is 0 Å². The van der Waals surface area contributed by atoms with Gasteiger partial charge < -0.3 is 4.42 Å². The van der Waals surface area contributed by atoms with Gasteiger partial charge in [-0.25, -0.2) is 8.42 Å². The zero-order valence-electron chi connectivity index (χ0n) is 15.3. The molecule has 0 amide bonds. The summed E-state index contributed by atoms with van der Waals surface area (Å²) in [6.45, 7) is 9.77. The number of hydrogen-bond donors (Lipinski definition) is 0. The van der Waals surface area contributed by atoms with E-state index in [1.165, 1.54) is 4.31 Å². The quantitative estimate of drug-likeness (QED) is 0.713. The lowest BCUT2D eigenvalue weighted by atomic mass is 9.97. The standard InChI is InChI=1S/C17H24BrN3O3S/c1-11(2)14(15-19-20-16(24-15)17(3,4)5)21(6)25(22,23)13-9-7-12(18)8-10-13/h7-11,14H,1-6H3/t14-/m0/s1. The van der Waals surface area contributed by atoms with E-state index in [0.717, 1.165) is 4.47 Å². The molecular weight excluding hydrogens is 406 g/mol. The Morgan fingerprint density at radius 3 is 2.12 bits per heavy atom. The number of rotatable bonds is 5. The van der Waals surface area contributed by atoms with Crippen LogP contribution in [0.15, 0.2) is 38.1 Å². The van der Waals surface area contributed by atoms with Gasteiger partial charge in [-0.2, -0.15) is 4.31 Å². The number of hydrogen-bond acceptors (Lipinski definition) is 5. The van der Waals surface area contributed by atoms with E-state index in [1.807, 2.05) is 34.6 Å². The molecule has 1 aromatic carbocycles. The van der Waals surface area contributed by atoms with E-state index in [2.05, 4.69) is 26.1 Å². The van der Waals surface area contributed by atoms with Gasteiger partial charge in [0, 0.05) is 16.9 Å². The Bertz CT molecular complexity index is 824. The summed E-state index contributed by atoms with van der Waals surface area (Å²) in [7, 11) is -2.14. The molecule has 6 nitrogen and oxygen atoms in total. The molecule has 8 heteroatoms. The van der Waals surface area contributed by atoms with Gasteiger partial charge in [0.1, 0.15) is 6.04 Å². The van der Waals surface area contributed by atoms with E-state index in [9.17, 15) is 8.42 Å². The third kappa shape index (κ3) is 4.30. The summed E-state index contributed by atoms with van der Waals surface area (Å²) in [5, 5.41) is 8.21. The van der Waals surface area contributed by atoms with Crippen molar-refractivity contribution in [1.29, 1.82) is 0 Å². The molecule has 1 heterocycles. The molecule has 0 unspecified atom stereocenters. The first kappa shape index (κ1) is 20.1. The molecule has 0 saturated carbocycles. The Kier molecular flexibility index (Phi) is 5.75. The average molecular weight is 430 g/mol. The van der Waals surface area contributed by atoms with Crippen molar-refractivity contribution in [3.8, 4) is 0 Å². The minimum Gasteiger partial charge on any atom is -0.423 e. The Morgan fingerprint density at radius 1 is 1.12 bits per heavy atom. The highest BCUT2D eigenvalue weighted by Gasteiger charge is 2.35. The Balaban J connectivity index is 2.43. The lowest BCUT2D eigenvalue weighted by molar-refractivity contribution is 0.237. The van der Waals surface area contributed by atoms with Crippen LogP contribution < -0.4 is 0 Å². The van der Waals surface area contributed by atoms with E-state index >= 15 is 0 Å². The van der Waals surface area contributed by atoms with Crippen LogP contribution >= 0.6 is 15.9 Å². The van der Waals surface area contributed by atoms with Gasteiger partial charge in [-0.05, 0) is 30.2 Å². The molecule has 0 N–H and O–H groups in total. The normalized spacial score (nSPS) is 14.3. The van der Waals surface area contributed by atoms with Crippen molar-refractivity contribution in [2.45, 2.75) is 51.0 Å². The minimum absolute atomic E-state index is 0.0384. The number of aromatic nitrogens is 2. The average Bonchev–Trinajstić information content (AvgIpc) is 2.97. The van der Waals surface area contributed by atoms with Crippen LogP contribution in [0.5, 0.6) is 0 Å². The summed E-state index contributed by atoms with van der Waals surface area (Å²) in [5.74, 6) is 0.759. The van der Waals surface area contributed by atoms with Crippen molar-refractivity contribution >= 4 is 26.0 Å². The predicted octanol–water partition coefficient (Wildman–Crippen LogP) is 4.15. The maximum atomic E-state index is 13.0. The molecule has 2 aromatic rings. The van der Waals surface area contributed by atoms with Crippen molar-refractivity contribution < 1.29 is 12.8 Å². The summed E-state index contributed by atoms with van der Waals surface area (Å²) in [4.78, 5) is 0.222. The molecule has 0 radical (unpaired) electrons. The van der Waals surface area contributed by atoms with E-state index < -0.39 is 16.1 Å². The summed E-state index contributed by atoms with van der Waals surface area (Å²) in [6, 6.07) is 6.01. The van der Waals surface area contributed by atoms with Crippen LogP contribution in [-0.2, 0) is 15.4 Å². The molecule has 0 aliphatic carbocycles. The van der Waals surface area contributed by atoms with Gasteiger partial charge in [0.25, 0.3) is 0 Å². The molecule has 25 heavy (non-hydrogen) atoms. The first-order valence-electron chi connectivity index (χ1n) is 8.02. The fourth-order valence-corrected chi connectivity index (χ4v) is 4.15. The first-order chi connectivity index (χ1) is 11.4. The smallest absolute Gasteiger partial charge is 0.243 e. The zero-order valence-corrected chi connectivity index (χ0v) is 17.7. The first-order valence-corrected chi connectivity index (χ1v) is 10.3. The van der Waals surface area contributed by atoms with Crippen molar-refractivity contribution in [3.05, 3.63) is 40.5 Å². The largest absolute Gasteiger partial charge is 0.423 e. The fraction of sp³-hybridized carbons (Fsp3) is 0.529. The maximum Gasteiger partial charge on any atom is 0.243 e. The second-order valence-corrected chi connectivity index (χ2v) is 10.3. The molecule has 1 atom stereocenters. The van der Waals surface area contributed by atoms with E-state index in [0.29, 0.717) is 11.8 Å². The van der Waals surface area contributed by atoms with Crippen LogP contribution in [0, 0.1) is 5.92 Å². The molecule has 0 aliphatic rings. The summed E-state index contributed by atoms with van der Waals surface area (Å²) in [6.07, 6.45) is 0. The van der Waals surface area contributed by atoms with E-state index in [-0.39, 0.29) is 16.2 Å². The third-order valence-corrected chi connectivity index (χ3v) is 6.23. The molecule has 0 aliphatic heterocycles. The molecule has 0 fully saturated rings. The topological polar surface area (TPSA) is 76.3 Å². The summed E-state index contributed by atoms with van der Waals surface area (Å²) < 4.78 is 33.9. The van der Waals surface area contributed by atoms with Gasteiger partial charge in [0.2, 0.25) is 21.8 Å². The maximum absolute atomic E-state index is 13.0. The monoisotopic (exact) mass is 429 g/mol. The highest BCUT2D eigenvalue weighted by Crippen LogP contribution is 2.33. The Morgan fingerprint density at radius 2 is 1.68 bits per heavy atom. The zero-order chi connectivity index (χ0) is 19.0. The SMILES string of the molecule is CC(C)[C@@H](c1nnc(C(C)(C)C)o1)N(C)S(=O)(=O)c1ccc(Br)cc1. The lowest BCUT2D eigenvalue weighted by Gasteiger charge is -2.27. The molecule has 0 bridgehead atoms. The number of nitrogens with zero attached hydrogens (tertiary/aromatic N) is 3. The Hall–Kier alpha value is -1.25. The predicted molar refractivity (Wildman–Crippen MR) is 99.7 cm³/mol. The van der Waals surface area contributed by atoms with Crippen LogP contribution in [0.2, 0.25) is 0 Å². The molecule has 0 saturated heterocycles. The number of benzene rings is 1. The number of sulfonamides is 1. The summed E-state index contributed by atoms with van der Waals surface area (Å²) in [5.41, 5.74) is -0.296. The van der Waals surface area contributed by atoms with Crippen molar-refractivity contribution in [2.24, 2.45) is 5.92 Å². The van der Waals surface area contributed by atoms with Crippen molar-refractivity contribution in [2.75, 3.05) is 7.05 Å². The van der Waals surface area contributed by atoms with Gasteiger partial charge in [0.05, 0.1) is 4.90 Å². The lowest BCUT2D eigenvalue weighted by Crippen LogP contribution is -2.34. The summed E-state index contributed by atoms with van der Waals surface area (Å²) >= 11 is 3.32. The number of halogens is 1. The van der Waals surface area contributed by atoms with E-state index in [1.54, 1.807) is 31.3 Å². The van der Waals surface area contributed by atoms with Crippen LogP contribution in [-0.4, -0.2) is 30.0 Å². The Labute approximate surface area is 157 Å². The fourth-order valence-electron chi connectivity index (χ4n) is 2.44. The molecular formula is C17H24BrN3O3S. The molecule has 138 valence electrons. The third-order valence-electron chi connectivity index (χ3n) is 3.85. The van der Waals surface area contributed by atoms with Crippen molar-refractivity contribution in [3.63, 3.8) is 0 Å².